The van der Waals surface area contributed by atoms with E-state index in [1.165, 1.54) is 0 Å². The molecule has 32 heavy (non-hydrogen) atoms. The van der Waals surface area contributed by atoms with Crippen LogP contribution in [0.4, 0.5) is 5.95 Å². The standard InChI is InChI=1S/C22H29Cl2N7O/c1-13(20-17(23)11-26-12-18(20)24)32-15-2-3-19-16(8-15)21(30-29-19)14-9-27-22(28-10-14)31-6-4-25-5-7-31/h9-13,15-16,19,21,25,29-30H,2-8H2,1H3/t13-,15?,16?,19?,21?/m1/s1. The molecule has 172 valence electrons. The van der Waals surface area contributed by atoms with Gasteiger partial charge in [0.1, 0.15) is 0 Å². The SMILES string of the molecule is C[C@@H](OC1CCC2NNC(c3cnc(N4CCNCC4)nc3)C2C1)c1c(Cl)cncc1Cl. The fourth-order valence-electron chi connectivity index (χ4n) is 5.16. The lowest BCUT2D eigenvalue weighted by Gasteiger charge is -2.35. The Labute approximate surface area is 198 Å². The van der Waals surface area contributed by atoms with Gasteiger partial charge in [0, 0.05) is 68.1 Å². The fraction of sp³-hybridized carbons (Fsp3) is 0.591. The first kappa shape index (κ1) is 22.3. The summed E-state index contributed by atoms with van der Waals surface area (Å²) in [5.41, 5.74) is 8.87. The Hall–Kier alpha value is -1.55. The average Bonchev–Trinajstić information content (AvgIpc) is 3.23. The van der Waals surface area contributed by atoms with Gasteiger partial charge in [0.2, 0.25) is 5.95 Å². The van der Waals surface area contributed by atoms with Crippen molar-refractivity contribution in [2.24, 2.45) is 5.92 Å². The van der Waals surface area contributed by atoms with Crippen molar-refractivity contribution in [3.05, 3.63) is 46.0 Å². The molecule has 8 nitrogen and oxygen atoms in total. The van der Waals surface area contributed by atoms with E-state index in [1.54, 1.807) is 12.4 Å². The molecule has 3 N–H and O–H groups in total. The average molecular weight is 478 g/mol. The number of halogens is 2. The molecule has 3 aliphatic rings. The molecule has 0 spiro atoms. The topological polar surface area (TPSA) is 87.2 Å². The van der Waals surface area contributed by atoms with Gasteiger partial charge in [0.15, 0.2) is 0 Å². The first-order valence-corrected chi connectivity index (χ1v) is 12.1. The predicted octanol–water partition coefficient (Wildman–Crippen LogP) is 3.05. The number of nitrogens with zero attached hydrogens (tertiary/aromatic N) is 4. The minimum Gasteiger partial charge on any atom is -0.370 e. The number of pyridine rings is 1. The smallest absolute Gasteiger partial charge is 0.225 e. The minimum atomic E-state index is -0.193. The Bertz CT molecular complexity index is 905. The molecule has 10 heteroatoms. The summed E-state index contributed by atoms with van der Waals surface area (Å²) in [6.45, 7) is 5.83. The molecule has 2 saturated heterocycles. The van der Waals surface area contributed by atoms with Crippen LogP contribution in [-0.2, 0) is 4.74 Å². The van der Waals surface area contributed by atoms with E-state index in [9.17, 15) is 0 Å². The maximum Gasteiger partial charge on any atom is 0.225 e. The fourth-order valence-corrected chi connectivity index (χ4v) is 5.83. The number of piperazine rings is 1. The molecular formula is C22H29Cl2N7O. The predicted molar refractivity (Wildman–Crippen MR) is 125 cm³/mol. The first-order valence-electron chi connectivity index (χ1n) is 11.3. The summed E-state index contributed by atoms with van der Waals surface area (Å²) >= 11 is 12.7. The normalized spacial score (nSPS) is 29.0. The van der Waals surface area contributed by atoms with Crippen molar-refractivity contribution in [1.29, 1.82) is 0 Å². The van der Waals surface area contributed by atoms with E-state index >= 15 is 0 Å². The number of hydrogen-bond donors (Lipinski definition) is 3. The van der Waals surface area contributed by atoms with Crippen LogP contribution in [0.2, 0.25) is 10.0 Å². The lowest BCUT2D eigenvalue weighted by molar-refractivity contribution is -0.0370. The molecule has 2 aliphatic heterocycles. The summed E-state index contributed by atoms with van der Waals surface area (Å²) in [6, 6.07) is 0.572. The number of nitrogens with one attached hydrogen (secondary N) is 3. The van der Waals surface area contributed by atoms with Crippen molar-refractivity contribution in [3.63, 3.8) is 0 Å². The van der Waals surface area contributed by atoms with Gasteiger partial charge in [-0.25, -0.2) is 15.4 Å². The zero-order chi connectivity index (χ0) is 22.1. The van der Waals surface area contributed by atoms with Gasteiger partial charge in [0.05, 0.1) is 28.3 Å². The second kappa shape index (κ2) is 9.75. The number of hydrazine groups is 1. The van der Waals surface area contributed by atoms with Crippen molar-refractivity contribution in [1.82, 2.24) is 31.1 Å². The van der Waals surface area contributed by atoms with Gasteiger partial charge in [-0.3, -0.25) is 10.4 Å². The molecule has 1 saturated carbocycles. The molecule has 5 rings (SSSR count). The maximum absolute atomic E-state index is 6.43. The third kappa shape index (κ3) is 4.58. The van der Waals surface area contributed by atoms with Gasteiger partial charge < -0.3 is 15.0 Å². The van der Waals surface area contributed by atoms with E-state index in [2.05, 4.69) is 36.0 Å². The molecule has 1 aliphatic carbocycles. The minimum absolute atomic E-state index is 0.136. The van der Waals surface area contributed by atoms with Crippen LogP contribution in [0.3, 0.4) is 0 Å². The van der Waals surface area contributed by atoms with Gasteiger partial charge in [0.25, 0.3) is 0 Å². The maximum atomic E-state index is 6.43. The molecule has 2 aromatic rings. The molecule has 2 aromatic heterocycles. The van der Waals surface area contributed by atoms with Crippen LogP contribution in [-0.4, -0.2) is 53.3 Å². The highest BCUT2D eigenvalue weighted by molar-refractivity contribution is 6.35. The summed E-state index contributed by atoms with van der Waals surface area (Å²) in [5.74, 6) is 1.21. The van der Waals surface area contributed by atoms with Crippen LogP contribution in [0.25, 0.3) is 0 Å². The largest absolute Gasteiger partial charge is 0.370 e. The van der Waals surface area contributed by atoms with E-state index in [1.807, 2.05) is 19.3 Å². The third-order valence-electron chi connectivity index (χ3n) is 6.81. The van der Waals surface area contributed by atoms with Crippen molar-refractivity contribution >= 4 is 29.2 Å². The Balaban J connectivity index is 1.25. The highest BCUT2D eigenvalue weighted by Gasteiger charge is 2.42. The summed E-state index contributed by atoms with van der Waals surface area (Å²) in [6.07, 6.45) is 10.1. The molecule has 3 fully saturated rings. The second-order valence-corrected chi connectivity index (χ2v) is 9.63. The van der Waals surface area contributed by atoms with Gasteiger partial charge in [-0.15, -0.1) is 0 Å². The lowest BCUT2D eigenvalue weighted by Crippen LogP contribution is -2.44. The molecule has 0 radical (unpaired) electrons. The second-order valence-electron chi connectivity index (χ2n) is 8.82. The zero-order valence-electron chi connectivity index (χ0n) is 18.1. The van der Waals surface area contributed by atoms with Crippen LogP contribution >= 0.6 is 23.2 Å². The van der Waals surface area contributed by atoms with Crippen LogP contribution in [0.5, 0.6) is 0 Å². The van der Waals surface area contributed by atoms with Crippen LogP contribution in [0.15, 0.2) is 24.8 Å². The number of ether oxygens (including phenoxy) is 1. The molecule has 4 heterocycles. The third-order valence-corrected chi connectivity index (χ3v) is 7.42. The molecule has 0 bridgehead atoms. The van der Waals surface area contributed by atoms with Gasteiger partial charge >= 0.3 is 0 Å². The Morgan fingerprint density at radius 3 is 2.47 bits per heavy atom. The van der Waals surface area contributed by atoms with Crippen molar-refractivity contribution in [2.75, 3.05) is 31.1 Å². The van der Waals surface area contributed by atoms with Crippen LogP contribution < -0.4 is 21.1 Å². The number of fused-ring (bicyclic) bond motifs is 1. The summed E-state index contributed by atoms with van der Waals surface area (Å²) in [4.78, 5) is 15.6. The van der Waals surface area contributed by atoms with Crippen molar-refractivity contribution in [3.8, 4) is 0 Å². The summed E-state index contributed by atoms with van der Waals surface area (Å²) < 4.78 is 6.43. The Morgan fingerprint density at radius 1 is 1.03 bits per heavy atom. The number of anilines is 1. The van der Waals surface area contributed by atoms with Gasteiger partial charge in [-0.2, -0.15) is 0 Å². The molecule has 4 unspecified atom stereocenters. The quantitative estimate of drug-likeness (QED) is 0.605. The summed E-state index contributed by atoms with van der Waals surface area (Å²) in [5, 5.41) is 4.45. The van der Waals surface area contributed by atoms with Crippen molar-refractivity contribution in [2.45, 2.75) is 50.5 Å². The Kier molecular flexibility index (Phi) is 6.78. The van der Waals surface area contributed by atoms with Gasteiger partial charge in [-0.05, 0) is 32.1 Å². The number of hydrogen-bond acceptors (Lipinski definition) is 8. The number of rotatable bonds is 5. The zero-order valence-corrected chi connectivity index (χ0v) is 19.6. The monoisotopic (exact) mass is 477 g/mol. The molecular weight excluding hydrogens is 449 g/mol. The first-order chi connectivity index (χ1) is 15.6. The molecule has 5 atom stereocenters. The number of aromatic nitrogens is 3. The van der Waals surface area contributed by atoms with Crippen LogP contribution in [0, 0.1) is 5.92 Å². The van der Waals surface area contributed by atoms with E-state index in [-0.39, 0.29) is 18.2 Å². The highest BCUT2D eigenvalue weighted by atomic mass is 35.5. The van der Waals surface area contributed by atoms with E-state index in [0.29, 0.717) is 22.0 Å². The van der Waals surface area contributed by atoms with E-state index in [0.717, 1.165) is 62.5 Å². The highest BCUT2D eigenvalue weighted by Crippen LogP contribution is 2.41. The van der Waals surface area contributed by atoms with Crippen LogP contribution in [0.1, 0.15) is 49.5 Å². The van der Waals surface area contributed by atoms with E-state index < -0.39 is 0 Å². The Morgan fingerprint density at radius 2 is 1.75 bits per heavy atom. The molecule has 0 amide bonds. The summed E-state index contributed by atoms with van der Waals surface area (Å²) in [7, 11) is 0. The van der Waals surface area contributed by atoms with E-state index in [4.69, 9.17) is 27.9 Å². The molecule has 0 aromatic carbocycles. The lowest BCUT2D eigenvalue weighted by atomic mass is 9.78. The van der Waals surface area contributed by atoms with Gasteiger partial charge in [-0.1, -0.05) is 23.2 Å². The van der Waals surface area contributed by atoms with Crippen molar-refractivity contribution < 1.29 is 4.74 Å².